The smallest absolute Gasteiger partial charge is 0.136 e. The van der Waals surface area contributed by atoms with Crippen LogP contribution < -0.4 is 10.5 Å². The summed E-state index contributed by atoms with van der Waals surface area (Å²) in [6.45, 7) is 2.07. The van der Waals surface area contributed by atoms with E-state index in [4.69, 9.17) is 10.5 Å². The largest absolute Gasteiger partial charge is 0.484 e. The first-order valence-electron chi connectivity index (χ1n) is 5.98. The van der Waals surface area contributed by atoms with Crippen LogP contribution in [-0.4, -0.2) is 6.54 Å². The van der Waals surface area contributed by atoms with Crippen LogP contribution in [0.5, 0.6) is 5.75 Å². The second-order valence-corrected chi connectivity index (χ2v) is 5.22. The first kappa shape index (κ1) is 14.0. The lowest BCUT2D eigenvalue weighted by atomic mass is 10.1. The second kappa shape index (κ2) is 6.17. The summed E-state index contributed by atoms with van der Waals surface area (Å²) in [7, 11) is 0. The monoisotopic (exact) mass is 323 g/mol. The molecule has 0 aliphatic rings. The quantitative estimate of drug-likeness (QED) is 0.923. The molecule has 0 heterocycles. The summed E-state index contributed by atoms with van der Waals surface area (Å²) in [5.41, 5.74) is 7.30. The molecule has 0 bridgehead atoms. The molecule has 0 radical (unpaired) electrons. The number of hydrogen-bond acceptors (Lipinski definition) is 2. The molecule has 0 aliphatic heterocycles. The maximum absolute atomic E-state index is 13.2. The van der Waals surface area contributed by atoms with E-state index in [0.29, 0.717) is 17.9 Å². The number of nitrogens with two attached hydrogens (primary N) is 1. The summed E-state index contributed by atoms with van der Waals surface area (Å²) in [4.78, 5) is 0. The maximum atomic E-state index is 13.2. The number of halogens is 2. The molecular weight excluding hydrogens is 309 g/mol. The Kier molecular flexibility index (Phi) is 4.56. The molecule has 0 aliphatic carbocycles. The van der Waals surface area contributed by atoms with Crippen molar-refractivity contribution >= 4 is 15.9 Å². The Morgan fingerprint density at radius 2 is 1.89 bits per heavy atom. The Bertz CT molecular complexity index is 557. The van der Waals surface area contributed by atoms with Gasteiger partial charge in [0, 0.05) is 11.0 Å². The van der Waals surface area contributed by atoms with Crippen LogP contribution in [0.2, 0.25) is 0 Å². The molecule has 19 heavy (non-hydrogen) atoms. The van der Waals surface area contributed by atoms with E-state index in [9.17, 15) is 4.39 Å². The van der Waals surface area contributed by atoms with E-state index >= 15 is 0 Å². The fourth-order valence-corrected chi connectivity index (χ4v) is 2.05. The Morgan fingerprint density at radius 3 is 2.47 bits per heavy atom. The lowest BCUT2D eigenvalue weighted by Gasteiger charge is -2.18. The zero-order valence-corrected chi connectivity index (χ0v) is 12.2. The minimum Gasteiger partial charge on any atom is -0.484 e. The van der Waals surface area contributed by atoms with Crippen LogP contribution >= 0.6 is 15.9 Å². The first-order chi connectivity index (χ1) is 9.10. The van der Waals surface area contributed by atoms with Gasteiger partial charge in [0.15, 0.2) is 0 Å². The molecule has 4 heteroatoms. The van der Waals surface area contributed by atoms with E-state index in [-0.39, 0.29) is 11.9 Å². The second-order valence-electron chi connectivity index (χ2n) is 4.30. The predicted octanol–water partition coefficient (Wildman–Crippen LogP) is 3.98. The highest BCUT2D eigenvalue weighted by Gasteiger charge is 2.12. The topological polar surface area (TPSA) is 35.2 Å². The van der Waals surface area contributed by atoms with Crippen LogP contribution in [0.15, 0.2) is 46.9 Å². The minimum atomic E-state index is -0.238. The van der Waals surface area contributed by atoms with Crippen molar-refractivity contribution in [1.82, 2.24) is 0 Å². The molecule has 2 aromatic carbocycles. The van der Waals surface area contributed by atoms with Gasteiger partial charge in [0.1, 0.15) is 17.7 Å². The number of benzene rings is 2. The van der Waals surface area contributed by atoms with E-state index in [1.165, 1.54) is 6.07 Å². The van der Waals surface area contributed by atoms with Gasteiger partial charge in [-0.25, -0.2) is 4.39 Å². The molecule has 2 N–H and O–H groups in total. The predicted molar refractivity (Wildman–Crippen MR) is 77.7 cm³/mol. The van der Waals surface area contributed by atoms with E-state index in [1.807, 2.05) is 24.3 Å². The Balaban J connectivity index is 2.18. The van der Waals surface area contributed by atoms with Crippen molar-refractivity contribution in [3.63, 3.8) is 0 Å². The first-order valence-corrected chi connectivity index (χ1v) is 6.78. The van der Waals surface area contributed by atoms with Gasteiger partial charge in [-0.05, 0) is 48.4 Å². The van der Waals surface area contributed by atoms with Crippen molar-refractivity contribution < 1.29 is 9.13 Å². The number of ether oxygens (including phenoxy) is 1. The summed E-state index contributed by atoms with van der Waals surface area (Å²) >= 11 is 3.39. The lowest BCUT2D eigenvalue weighted by molar-refractivity contribution is 0.214. The average molecular weight is 324 g/mol. The fraction of sp³-hybridized carbons (Fsp3) is 0.200. The average Bonchev–Trinajstić information content (AvgIpc) is 2.41. The van der Waals surface area contributed by atoms with Gasteiger partial charge in [-0.2, -0.15) is 0 Å². The van der Waals surface area contributed by atoms with E-state index in [1.54, 1.807) is 19.1 Å². The zero-order valence-electron chi connectivity index (χ0n) is 10.6. The van der Waals surface area contributed by atoms with Crippen LogP contribution in [0.25, 0.3) is 0 Å². The number of rotatable bonds is 4. The normalized spacial score (nSPS) is 12.2. The molecule has 2 nitrogen and oxygen atoms in total. The molecule has 0 fully saturated rings. The SMILES string of the molecule is Cc1cc(OC(CN)c2ccc(Br)cc2)ccc1F. The number of hydrogen-bond donors (Lipinski definition) is 1. The van der Waals surface area contributed by atoms with Gasteiger partial charge < -0.3 is 10.5 Å². The Morgan fingerprint density at radius 1 is 1.21 bits per heavy atom. The van der Waals surface area contributed by atoms with Crippen LogP contribution in [0, 0.1) is 12.7 Å². The van der Waals surface area contributed by atoms with Gasteiger partial charge in [-0.1, -0.05) is 28.1 Å². The van der Waals surface area contributed by atoms with Crippen LogP contribution in [0.3, 0.4) is 0 Å². The van der Waals surface area contributed by atoms with Crippen LogP contribution in [0.1, 0.15) is 17.2 Å². The number of aryl methyl sites for hydroxylation is 1. The minimum absolute atomic E-state index is 0.236. The molecule has 0 spiro atoms. The van der Waals surface area contributed by atoms with Crippen molar-refractivity contribution in [2.24, 2.45) is 5.73 Å². The van der Waals surface area contributed by atoms with E-state index in [0.717, 1.165) is 10.0 Å². The molecule has 0 amide bonds. The summed E-state index contributed by atoms with van der Waals surface area (Å²) < 4.78 is 20.0. The third kappa shape index (κ3) is 3.55. The highest BCUT2D eigenvalue weighted by Crippen LogP contribution is 2.24. The van der Waals surface area contributed by atoms with E-state index < -0.39 is 0 Å². The zero-order chi connectivity index (χ0) is 13.8. The van der Waals surface area contributed by atoms with Crippen molar-refractivity contribution in [1.29, 1.82) is 0 Å². The molecule has 2 rings (SSSR count). The third-order valence-corrected chi connectivity index (χ3v) is 3.39. The summed E-state index contributed by atoms with van der Waals surface area (Å²) in [5.74, 6) is 0.387. The van der Waals surface area contributed by atoms with Gasteiger partial charge in [0.2, 0.25) is 0 Å². The van der Waals surface area contributed by atoms with Gasteiger partial charge in [-0.15, -0.1) is 0 Å². The Hall–Kier alpha value is -1.39. The Labute approximate surface area is 120 Å². The fourth-order valence-electron chi connectivity index (χ4n) is 1.78. The standard InChI is InChI=1S/C15H15BrFNO/c1-10-8-13(6-7-14(10)17)19-15(9-18)11-2-4-12(16)5-3-11/h2-8,15H,9,18H2,1H3. The molecule has 1 unspecified atom stereocenters. The molecule has 100 valence electrons. The molecule has 0 saturated carbocycles. The van der Waals surface area contributed by atoms with Gasteiger partial charge >= 0.3 is 0 Å². The van der Waals surface area contributed by atoms with Gasteiger partial charge in [0.05, 0.1) is 0 Å². The van der Waals surface area contributed by atoms with E-state index in [2.05, 4.69) is 15.9 Å². The van der Waals surface area contributed by atoms with Gasteiger partial charge in [0.25, 0.3) is 0 Å². The highest BCUT2D eigenvalue weighted by atomic mass is 79.9. The van der Waals surface area contributed by atoms with Gasteiger partial charge in [-0.3, -0.25) is 0 Å². The van der Waals surface area contributed by atoms with Crippen molar-refractivity contribution in [2.45, 2.75) is 13.0 Å². The van der Waals surface area contributed by atoms with Crippen molar-refractivity contribution in [3.8, 4) is 5.75 Å². The maximum Gasteiger partial charge on any atom is 0.136 e. The van der Waals surface area contributed by atoms with Crippen LogP contribution in [-0.2, 0) is 0 Å². The third-order valence-electron chi connectivity index (χ3n) is 2.86. The summed E-state index contributed by atoms with van der Waals surface area (Å²) in [5, 5.41) is 0. The summed E-state index contributed by atoms with van der Waals surface area (Å²) in [6, 6.07) is 12.5. The molecule has 2 aromatic rings. The van der Waals surface area contributed by atoms with Crippen LogP contribution in [0.4, 0.5) is 4.39 Å². The molecular formula is C15H15BrFNO. The molecule has 0 aromatic heterocycles. The lowest BCUT2D eigenvalue weighted by Crippen LogP contribution is -2.18. The molecule has 1 atom stereocenters. The molecule has 0 saturated heterocycles. The van der Waals surface area contributed by atoms with Crippen molar-refractivity contribution in [3.05, 3.63) is 63.9 Å². The summed E-state index contributed by atoms with van der Waals surface area (Å²) in [6.07, 6.45) is -0.238. The van der Waals surface area contributed by atoms with Crippen molar-refractivity contribution in [2.75, 3.05) is 6.54 Å². The highest BCUT2D eigenvalue weighted by molar-refractivity contribution is 9.10.